The van der Waals surface area contributed by atoms with Gasteiger partial charge in [0.1, 0.15) is 5.37 Å². The van der Waals surface area contributed by atoms with Gasteiger partial charge < -0.3 is 10.2 Å². The van der Waals surface area contributed by atoms with Crippen molar-refractivity contribution in [1.82, 2.24) is 10.2 Å². The minimum Gasteiger partial charge on any atom is -0.349 e. The van der Waals surface area contributed by atoms with Crippen LogP contribution in [0.2, 0.25) is 5.02 Å². The van der Waals surface area contributed by atoms with Crippen molar-refractivity contribution in [3.8, 4) is 0 Å². The molecule has 2 amide bonds. The lowest BCUT2D eigenvalue weighted by Gasteiger charge is -2.24. The molecule has 0 radical (unpaired) electrons. The highest BCUT2D eigenvalue weighted by molar-refractivity contribution is 8.00. The zero-order valence-corrected chi connectivity index (χ0v) is 18.6. The van der Waals surface area contributed by atoms with Gasteiger partial charge >= 0.3 is 0 Å². The van der Waals surface area contributed by atoms with E-state index in [-0.39, 0.29) is 23.2 Å². The molecule has 1 heterocycles. The van der Waals surface area contributed by atoms with Crippen LogP contribution in [-0.4, -0.2) is 28.5 Å². The van der Waals surface area contributed by atoms with Crippen molar-refractivity contribution in [2.75, 3.05) is 5.75 Å². The second kappa shape index (κ2) is 9.88. The Bertz CT molecular complexity index is 877. The quantitative estimate of drug-likeness (QED) is 0.616. The smallest absolute Gasteiger partial charge is 0.251 e. The van der Waals surface area contributed by atoms with Crippen LogP contribution in [0.25, 0.3) is 0 Å². The number of nitrogens with one attached hydrogen (secondary N) is 1. The third kappa shape index (κ3) is 5.19. The average molecular weight is 443 g/mol. The van der Waals surface area contributed by atoms with Crippen LogP contribution in [0.5, 0.6) is 0 Å². The summed E-state index contributed by atoms with van der Waals surface area (Å²) in [6.07, 6.45) is 7.08. The van der Waals surface area contributed by atoms with Crippen molar-refractivity contribution in [2.45, 2.75) is 56.5 Å². The molecular weight excluding hydrogens is 416 g/mol. The molecule has 0 spiro atoms. The van der Waals surface area contributed by atoms with E-state index in [9.17, 15) is 9.59 Å². The van der Waals surface area contributed by atoms with Crippen LogP contribution in [0.4, 0.5) is 0 Å². The molecule has 2 aromatic rings. The lowest BCUT2D eigenvalue weighted by atomic mass is 10.1. The summed E-state index contributed by atoms with van der Waals surface area (Å²) < 4.78 is 0. The lowest BCUT2D eigenvalue weighted by Crippen LogP contribution is -2.34. The zero-order valence-electron chi connectivity index (χ0n) is 17.0. The van der Waals surface area contributed by atoms with E-state index in [1.165, 1.54) is 25.7 Å². The van der Waals surface area contributed by atoms with Crippen LogP contribution in [0.1, 0.15) is 65.4 Å². The van der Waals surface area contributed by atoms with Gasteiger partial charge in [-0.2, -0.15) is 0 Å². The molecule has 0 aromatic heterocycles. The molecule has 2 aliphatic rings. The minimum atomic E-state index is -0.0350. The Labute approximate surface area is 187 Å². The number of amides is 2. The molecule has 1 saturated heterocycles. The van der Waals surface area contributed by atoms with Crippen LogP contribution in [0, 0.1) is 0 Å². The molecule has 0 unspecified atom stereocenters. The van der Waals surface area contributed by atoms with E-state index in [2.05, 4.69) is 5.32 Å². The van der Waals surface area contributed by atoms with Gasteiger partial charge in [0.05, 0.1) is 5.75 Å². The molecule has 1 N–H and O–H groups in total. The van der Waals surface area contributed by atoms with Crippen molar-refractivity contribution in [2.24, 2.45) is 0 Å². The highest BCUT2D eigenvalue weighted by atomic mass is 35.5. The summed E-state index contributed by atoms with van der Waals surface area (Å²) in [6.45, 7) is 0.553. The fourth-order valence-electron chi connectivity index (χ4n) is 4.18. The van der Waals surface area contributed by atoms with Gasteiger partial charge in [-0.25, -0.2) is 0 Å². The highest BCUT2D eigenvalue weighted by Gasteiger charge is 2.32. The SMILES string of the molecule is O=C(NC1CCCCCC1)c1ccc([C@@H]2SCC(=O)N2Cc2ccc(Cl)cc2)cc1. The van der Waals surface area contributed by atoms with Gasteiger partial charge in [0.2, 0.25) is 5.91 Å². The van der Waals surface area contributed by atoms with Gasteiger partial charge in [-0.1, -0.05) is 61.5 Å². The van der Waals surface area contributed by atoms with Crippen LogP contribution in [0.3, 0.4) is 0 Å². The molecule has 30 heavy (non-hydrogen) atoms. The second-order valence-electron chi connectivity index (χ2n) is 8.10. The number of nitrogens with zero attached hydrogens (tertiary/aromatic N) is 1. The van der Waals surface area contributed by atoms with Crippen LogP contribution >= 0.6 is 23.4 Å². The Morgan fingerprint density at radius 1 is 1.00 bits per heavy atom. The number of carbonyl (C=O) groups excluding carboxylic acids is 2. The standard InChI is InChI=1S/C24H27ClN2O2S/c25-20-13-7-17(8-14-20)15-27-22(28)16-30-24(27)19-11-9-18(10-12-19)23(29)26-21-5-3-1-2-4-6-21/h7-14,21,24H,1-6,15-16H2,(H,26,29)/t24-/m0/s1. The molecule has 1 saturated carbocycles. The monoisotopic (exact) mass is 442 g/mol. The zero-order chi connectivity index (χ0) is 20.9. The fourth-order valence-corrected chi connectivity index (χ4v) is 5.49. The molecule has 158 valence electrons. The molecule has 6 heteroatoms. The van der Waals surface area contributed by atoms with Crippen molar-refractivity contribution < 1.29 is 9.59 Å². The summed E-state index contributed by atoms with van der Waals surface area (Å²) >= 11 is 7.60. The summed E-state index contributed by atoms with van der Waals surface area (Å²) in [5.41, 5.74) is 2.78. The Hall–Kier alpha value is -1.98. The Balaban J connectivity index is 1.42. The predicted octanol–water partition coefficient (Wildman–Crippen LogP) is 5.57. The first kappa shape index (κ1) is 21.3. The first-order valence-corrected chi connectivity index (χ1v) is 12.1. The Morgan fingerprint density at radius 3 is 2.33 bits per heavy atom. The topological polar surface area (TPSA) is 49.4 Å². The number of rotatable bonds is 5. The van der Waals surface area contributed by atoms with Crippen molar-refractivity contribution in [3.05, 3.63) is 70.2 Å². The fraction of sp³-hybridized carbons (Fsp3) is 0.417. The first-order valence-electron chi connectivity index (χ1n) is 10.7. The van der Waals surface area contributed by atoms with Gasteiger partial charge in [0.15, 0.2) is 0 Å². The number of carbonyl (C=O) groups is 2. The molecular formula is C24H27ClN2O2S. The van der Waals surface area contributed by atoms with Gasteiger partial charge in [-0.3, -0.25) is 9.59 Å². The van der Waals surface area contributed by atoms with E-state index in [1.54, 1.807) is 11.8 Å². The molecule has 4 nitrogen and oxygen atoms in total. The van der Waals surface area contributed by atoms with Crippen molar-refractivity contribution in [1.29, 1.82) is 0 Å². The van der Waals surface area contributed by atoms with Crippen molar-refractivity contribution >= 4 is 35.2 Å². The lowest BCUT2D eigenvalue weighted by molar-refractivity contribution is -0.128. The van der Waals surface area contributed by atoms with Gasteiger partial charge in [0.25, 0.3) is 5.91 Å². The molecule has 4 rings (SSSR count). The number of hydrogen-bond donors (Lipinski definition) is 1. The molecule has 1 aliphatic heterocycles. The van der Waals surface area contributed by atoms with E-state index < -0.39 is 0 Å². The Kier molecular flexibility index (Phi) is 7.00. The van der Waals surface area contributed by atoms with E-state index in [0.717, 1.165) is 24.0 Å². The third-order valence-corrected chi connectivity index (χ3v) is 7.39. The summed E-state index contributed by atoms with van der Waals surface area (Å²) in [5.74, 6) is 0.610. The maximum atomic E-state index is 12.7. The minimum absolute atomic E-state index is 0.00150. The van der Waals surface area contributed by atoms with Crippen LogP contribution in [-0.2, 0) is 11.3 Å². The highest BCUT2D eigenvalue weighted by Crippen LogP contribution is 2.39. The van der Waals surface area contributed by atoms with Gasteiger partial charge in [0, 0.05) is 23.2 Å². The third-order valence-electron chi connectivity index (χ3n) is 5.88. The van der Waals surface area contributed by atoms with Crippen LogP contribution < -0.4 is 5.32 Å². The first-order chi connectivity index (χ1) is 14.6. The van der Waals surface area contributed by atoms with Crippen LogP contribution in [0.15, 0.2) is 48.5 Å². The van der Waals surface area contributed by atoms with E-state index in [1.807, 2.05) is 53.4 Å². The van der Waals surface area contributed by atoms with Gasteiger partial charge in [-0.05, 0) is 48.2 Å². The maximum Gasteiger partial charge on any atom is 0.251 e. The molecule has 2 fully saturated rings. The predicted molar refractivity (Wildman–Crippen MR) is 123 cm³/mol. The molecule has 2 aromatic carbocycles. The summed E-state index contributed by atoms with van der Waals surface area (Å²) in [7, 11) is 0. The normalized spacial score (nSPS) is 20.2. The van der Waals surface area contributed by atoms with E-state index in [0.29, 0.717) is 22.9 Å². The largest absolute Gasteiger partial charge is 0.349 e. The van der Waals surface area contributed by atoms with E-state index in [4.69, 9.17) is 11.6 Å². The summed E-state index contributed by atoms with van der Waals surface area (Å²) in [6, 6.07) is 15.6. The average Bonchev–Trinajstić information content (AvgIpc) is 2.94. The Morgan fingerprint density at radius 2 is 1.67 bits per heavy atom. The van der Waals surface area contributed by atoms with Gasteiger partial charge in [-0.15, -0.1) is 11.8 Å². The molecule has 1 aliphatic carbocycles. The number of thioether (sulfide) groups is 1. The second-order valence-corrected chi connectivity index (χ2v) is 9.60. The molecule has 1 atom stereocenters. The summed E-state index contributed by atoms with van der Waals surface area (Å²) in [4.78, 5) is 27.0. The van der Waals surface area contributed by atoms with E-state index >= 15 is 0 Å². The number of hydrogen-bond acceptors (Lipinski definition) is 3. The van der Waals surface area contributed by atoms with Crippen molar-refractivity contribution in [3.63, 3.8) is 0 Å². The summed E-state index contributed by atoms with van der Waals surface area (Å²) in [5, 5.41) is 3.85. The maximum absolute atomic E-state index is 12.7. The molecule has 0 bridgehead atoms. The number of benzene rings is 2. The number of halogens is 1.